The van der Waals surface area contributed by atoms with E-state index in [9.17, 15) is 0 Å². The van der Waals surface area contributed by atoms with Crippen molar-refractivity contribution in [1.82, 2.24) is 10.2 Å². The van der Waals surface area contributed by atoms with Crippen LogP contribution in [0.2, 0.25) is 0 Å². The fourth-order valence-electron chi connectivity index (χ4n) is 3.60. The fourth-order valence-corrected chi connectivity index (χ4v) is 3.60. The Labute approximate surface area is 107 Å². The Bertz CT molecular complexity index is 217. The SMILES string of the molecule is CCCCC(CC)NC1CCN2CCCCC12. The molecule has 2 fully saturated rings. The summed E-state index contributed by atoms with van der Waals surface area (Å²) in [6.45, 7) is 7.33. The Balaban J connectivity index is 1.80. The van der Waals surface area contributed by atoms with Gasteiger partial charge in [0.25, 0.3) is 0 Å². The maximum Gasteiger partial charge on any atom is 0.0249 e. The summed E-state index contributed by atoms with van der Waals surface area (Å²) in [5.41, 5.74) is 0. The molecule has 1 N–H and O–H groups in total. The van der Waals surface area contributed by atoms with Crippen LogP contribution in [0.4, 0.5) is 0 Å². The number of nitrogens with one attached hydrogen (secondary N) is 1. The first kappa shape index (κ1) is 13.4. The van der Waals surface area contributed by atoms with Crippen LogP contribution in [-0.2, 0) is 0 Å². The predicted octanol–water partition coefficient (Wildman–Crippen LogP) is 3.17. The Morgan fingerprint density at radius 1 is 1.18 bits per heavy atom. The molecular weight excluding hydrogens is 208 g/mol. The summed E-state index contributed by atoms with van der Waals surface area (Å²) in [7, 11) is 0. The molecule has 2 aliphatic heterocycles. The van der Waals surface area contributed by atoms with Crippen molar-refractivity contribution in [3.63, 3.8) is 0 Å². The molecule has 0 saturated carbocycles. The van der Waals surface area contributed by atoms with Crippen molar-refractivity contribution in [3.05, 3.63) is 0 Å². The highest BCUT2D eigenvalue weighted by atomic mass is 15.2. The molecule has 0 spiro atoms. The van der Waals surface area contributed by atoms with Crippen molar-refractivity contribution >= 4 is 0 Å². The topological polar surface area (TPSA) is 15.3 Å². The van der Waals surface area contributed by atoms with E-state index >= 15 is 0 Å². The van der Waals surface area contributed by atoms with E-state index in [1.807, 2.05) is 0 Å². The maximum atomic E-state index is 3.96. The summed E-state index contributed by atoms with van der Waals surface area (Å²) in [6.07, 6.45) is 11.1. The molecule has 2 nitrogen and oxygen atoms in total. The van der Waals surface area contributed by atoms with Crippen LogP contribution >= 0.6 is 0 Å². The molecule has 3 atom stereocenters. The van der Waals surface area contributed by atoms with Crippen LogP contribution < -0.4 is 5.32 Å². The lowest BCUT2D eigenvalue weighted by atomic mass is 9.97. The Kier molecular flexibility index (Phi) is 5.30. The lowest BCUT2D eigenvalue weighted by Gasteiger charge is -2.34. The molecule has 2 heterocycles. The van der Waals surface area contributed by atoms with Crippen LogP contribution in [0.5, 0.6) is 0 Å². The van der Waals surface area contributed by atoms with Gasteiger partial charge in [-0.05, 0) is 38.6 Å². The third-order valence-electron chi connectivity index (χ3n) is 4.70. The monoisotopic (exact) mass is 238 g/mol. The summed E-state index contributed by atoms with van der Waals surface area (Å²) in [4.78, 5) is 2.73. The lowest BCUT2D eigenvalue weighted by Crippen LogP contribution is -2.48. The Morgan fingerprint density at radius 2 is 2.06 bits per heavy atom. The van der Waals surface area contributed by atoms with Gasteiger partial charge < -0.3 is 5.32 Å². The molecule has 2 heteroatoms. The zero-order chi connectivity index (χ0) is 12.1. The van der Waals surface area contributed by atoms with Gasteiger partial charge in [-0.1, -0.05) is 33.1 Å². The van der Waals surface area contributed by atoms with Gasteiger partial charge in [-0.25, -0.2) is 0 Å². The van der Waals surface area contributed by atoms with Crippen molar-refractivity contribution in [2.45, 2.75) is 83.3 Å². The van der Waals surface area contributed by atoms with Crippen molar-refractivity contribution < 1.29 is 0 Å². The zero-order valence-corrected chi connectivity index (χ0v) is 11.8. The quantitative estimate of drug-likeness (QED) is 0.764. The zero-order valence-electron chi connectivity index (χ0n) is 11.8. The van der Waals surface area contributed by atoms with Crippen molar-refractivity contribution in [2.75, 3.05) is 13.1 Å². The fraction of sp³-hybridized carbons (Fsp3) is 1.00. The molecule has 0 aliphatic carbocycles. The van der Waals surface area contributed by atoms with Gasteiger partial charge >= 0.3 is 0 Å². The van der Waals surface area contributed by atoms with Crippen molar-refractivity contribution in [2.24, 2.45) is 0 Å². The average Bonchev–Trinajstić information content (AvgIpc) is 2.78. The highest BCUT2D eigenvalue weighted by Crippen LogP contribution is 2.27. The molecule has 17 heavy (non-hydrogen) atoms. The second kappa shape index (κ2) is 6.75. The van der Waals surface area contributed by atoms with E-state index < -0.39 is 0 Å². The van der Waals surface area contributed by atoms with Crippen LogP contribution in [0, 0.1) is 0 Å². The molecule has 0 radical (unpaired) electrons. The second-order valence-electron chi connectivity index (χ2n) is 5.91. The molecule has 0 amide bonds. The highest BCUT2D eigenvalue weighted by molar-refractivity contribution is 4.95. The molecule has 0 aromatic rings. The highest BCUT2D eigenvalue weighted by Gasteiger charge is 2.35. The summed E-state index contributed by atoms with van der Waals surface area (Å²) >= 11 is 0. The van der Waals surface area contributed by atoms with Gasteiger partial charge in [-0.2, -0.15) is 0 Å². The normalized spacial score (nSPS) is 31.4. The van der Waals surface area contributed by atoms with E-state index in [0.717, 1.165) is 18.1 Å². The number of nitrogens with zero attached hydrogens (tertiary/aromatic N) is 1. The Hall–Kier alpha value is -0.0800. The van der Waals surface area contributed by atoms with E-state index in [1.54, 1.807) is 0 Å². The number of unbranched alkanes of at least 4 members (excludes halogenated alkanes) is 1. The third kappa shape index (κ3) is 3.45. The minimum atomic E-state index is 0.766. The van der Waals surface area contributed by atoms with E-state index in [-0.39, 0.29) is 0 Å². The number of hydrogen-bond donors (Lipinski definition) is 1. The smallest absolute Gasteiger partial charge is 0.0249 e. The molecule has 3 unspecified atom stereocenters. The molecule has 0 aromatic carbocycles. The van der Waals surface area contributed by atoms with Crippen LogP contribution in [0.15, 0.2) is 0 Å². The molecule has 0 bridgehead atoms. The number of hydrogen-bond acceptors (Lipinski definition) is 2. The summed E-state index contributed by atoms with van der Waals surface area (Å²) in [6, 6.07) is 2.42. The molecule has 2 aliphatic rings. The first-order valence-electron chi connectivity index (χ1n) is 7.85. The average molecular weight is 238 g/mol. The molecular formula is C15H30N2. The van der Waals surface area contributed by atoms with E-state index in [2.05, 4.69) is 24.1 Å². The Morgan fingerprint density at radius 3 is 2.82 bits per heavy atom. The van der Waals surface area contributed by atoms with Crippen LogP contribution in [0.25, 0.3) is 0 Å². The number of fused-ring (bicyclic) bond motifs is 1. The second-order valence-corrected chi connectivity index (χ2v) is 5.91. The lowest BCUT2D eigenvalue weighted by molar-refractivity contribution is 0.175. The van der Waals surface area contributed by atoms with Gasteiger partial charge in [-0.15, -0.1) is 0 Å². The predicted molar refractivity (Wildman–Crippen MR) is 74.4 cm³/mol. The van der Waals surface area contributed by atoms with Gasteiger partial charge in [0.2, 0.25) is 0 Å². The minimum Gasteiger partial charge on any atom is -0.310 e. The van der Waals surface area contributed by atoms with Crippen LogP contribution in [-0.4, -0.2) is 36.1 Å². The molecule has 2 rings (SSSR count). The third-order valence-corrected chi connectivity index (χ3v) is 4.70. The summed E-state index contributed by atoms with van der Waals surface area (Å²) in [5.74, 6) is 0. The molecule has 2 saturated heterocycles. The summed E-state index contributed by atoms with van der Waals surface area (Å²) in [5, 5.41) is 3.96. The van der Waals surface area contributed by atoms with E-state index in [4.69, 9.17) is 0 Å². The van der Waals surface area contributed by atoms with Gasteiger partial charge in [0.15, 0.2) is 0 Å². The molecule has 100 valence electrons. The van der Waals surface area contributed by atoms with E-state index in [1.165, 1.54) is 64.5 Å². The largest absolute Gasteiger partial charge is 0.310 e. The van der Waals surface area contributed by atoms with Gasteiger partial charge in [-0.3, -0.25) is 4.90 Å². The van der Waals surface area contributed by atoms with Gasteiger partial charge in [0.05, 0.1) is 0 Å². The van der Waals surface area contributed by atoms with E-state index in [0.29, 0.717) is 0 Å². The minimum absolute atomic E-state index is 0.766. The first-order valence-corrected chi connectivity index (χ1v) is 7.85. The van der Waals surface area contributed by atoms with Crippen molar-refractivity contribution in [1.29, 1.82) is 0 Å². The van der Waals surface area contributed by atoms with Gasteiger partial charge in [0, 0.05) is 24.7 Å². The van der Waals surface area contributed by atoms with Crippen LogP contribution in [0.1, 0.15) is 65.2 Å². The van der Waals surface area contributed by atoms with Crippen LogP contribution in [0.3, 0.4) is 0 Å². The number of rotatable bonds is 6. The number of piperidine rings is 1. The maximum absolute atomic E-state index is 3.96. The first-order chi connectivity index (χ1) is 8.35. The van der Waals surface area contributed by atoms with Crippen molar-refractivity contribution in [3.8, 4) is 0 Å². The molecule has 0 aromatic heterocycles. The standard InChI is InChI=1S/C15H30N2/c1-3-5-8-13(4-2)16-14-10-12-17-11-7-6-9-15(14)17/h13-16H,3-12H2,1-2H3. The van der Waals surface area contributed by atoms with Gasteiger partial charge in [0.1, 0.15) is 0 Å². The summed E-state index contributed by atoms with van der Waals surface area (Å²) < 4.78 is 0.